The molecule has 0 aromatic heterocycles. The van der Waals surface area contributed by atoms with Gasteiger partial charge < -0.3 is 0 Å². The van der Waals surface area contributed by atoms with Gasteiger partial charge in [-0.2, -0.15) is 0 Å². The van der Waals surface area contributed by atoms with E-state index < -0.39 is 0 Å². The molecule has 7 heavy (non-hydrogen) atoms. The van der Waals surface area contributed by atoms with Crippen molar-refractivity contribution in [2.24, 2.45) is 0 Å². The Balaban J connectivity index is 2.04. The minimum atomic E-state index is 1.19. The molecule has 2 heteroatoms. The van der Waals surface area contributed by atoms with Crippen molar-refractivity contribution in [1.29, 1.82) is 0 Å². The molecule has 0 atom stereocenters. The molecule has 1 fully saturated rings. The van der Waals surface area contributed by atoms with E-state index in [4.69, 9.17) is 0 Å². The van der Waals surface area contributed by atoms with Crippen LogP contribution in [-0.2, 0) is 0 Å². The number of hydrogen-bond acceptors (Lipinski definition) is 2. The van der Waals surface area contributed by atoms with Crippen LogP contribution in [0.3, 0.4) is 0 Å². The average Bonchev–Trinajstić information content (AvgIpc) is 1.90. The summed E-state index contributed by atoms with van der Waals surface area (Å²) in [7, 11) is 3.70. The number of rotatable bonds is 0. The van der Waals surface area contributed by atoms with Crippen molar-refractivity contribution >= 4 is 21.6 Å². The van der Waals surface area contributed by atoms with Crippen molar-refractivity contribution in [2.75, 3.05) is 5.75 Å². The summed E-state index contributed by atoms with van der Waals surface area (Å²) >= 11 is 0. The lowest BCUT2D eigenvalue weighted by molar-refractivity contribution is 0.819. The van der Waals surface area contributed by atoms with Crippen molar-refractivity contribution in [3.63, 3.8) is 0 Å². The lowest BCUT2D eigenvalue weighted by atomic mass is 10.3. The summed E-state index contributed by atoms with van der Waals surface area (Å²) in [6.07, 6.45) is 3.92. The fourth-order valence-electron chi connectivity index (χ4n) is 0.483. The van der Waals surface area contributed by atoms with Gasteiger partial charge in [0.05, 0.1) is 5.75 Å². The molecule has 1 rings (SSSR count). The standard InChI is InChI=1S/C5H8S2/c1-2-4-6-7-5-3-1/h1-4H2. The Kier molecular flexibility index (Phi) is 3.06. The first-order valence-corrected chi connectivity index (χ1v) is 4.83. The maximum Gasteiger partial charge on any atom is 0.0601 e. The molecule has 1 heterocycles. The van der Waals surface area contributed by atoms with Gasteiger partial charge in [0.1, 0.15) is 0 Å². The molecule has 0 saturated carbocycles. The third-order valence-electron chi connectivity index (χ3n) is 0.874. The van der Waals surface area contributed by atoms with E-state index in [1.165, 1.54) is 25.0 Å². The summed E-state index contributed by atoms with van der Waals surface area (Å²) in [5.74, 6) is 4.54. The van der Waals surface area contributed by atoms with Crippen molar-refractivity contribution in [3.8, 4) is 0 Å². The highest BCUT2D eigenvalue weighted by Crippen LogP contribution is 2.30. The van der Waals surface area contributed by atoms with E-state index >= 15 is 0 Å². The Bertz CT molecular complexity index is 25.7. The summed E-state index contributed by atoms with van der Waals surface area (Å²) in [5, 5.41) is 0. The molecule has 1 saturated heterocycles. The number of hydrogen-bond donors (Lipinski definition) is 0. The fraction of sp³-hybridized carbons (Fsp3) is 0.800. The van der Waals surface area contributed by atoms with Crippen LogP contribution in [0.15, 0.2) is 0 Å². The van der Waals surface area contributed by atoms with Crippen molar-refractivity contribution < 1.29 is 0 Å². The van der Waals surface area contributed by atoms with Gasteiger partial charge in [-0.05, 0) is 12.8 Å². The van der Waals surface area contributed by atoms with Gasteiger partial charge in [-0.15, -0.1) is 0 Å². The van der Waals surface area contributed by atoms with Crippen molar-refractivity contribution in [3.05, 3.63) is 5.75 Å². The first-order valence-electron chi connectivity index (χ1n) is 2.51. The van der Waals surface area contributed by atoms with Crippen LogP contribution >= 0.6 is 21.6 Å². The summed E-state index contributed by atoms with van der Waals surface area (Å²) in [6.45, 7) is 0. The van der Waals surface area contributed by atoms with Crippen LogP contribution < -0.4 is 0 Å². The molecule has 2 radical (unpaired) electrons. The Morgan fingerprint density at radius 1 is 1.29 bits per heavy atom. The summed E-state index contributed by atoms with van der Waals surface area (Å²) in [6, 6.07) is 0. The summed E-state index contributed by atoms with van der Waals surface area (Å²) in [5.41, 5.74) is 0. The van der Waals surface area contributed by atoms with Gasteiger partial charge in [0, 0.05) is 5.75 Å². The third kappa shape index (κ3) is 2.50. The van der Waals surface area contributed by atoms with Gasteiger partial charge in [0.25, 0.3) is 0 Å². The molecule has 1 aliphatic heterocycles. The zero-order valence-corrected chi connectivity index (χ0v) is 5.78. The quantitative estimate of drug-likeness (QED) is 0.465. The molecule has 0 N–H and O–H groups in total. The molecular weight excluding hydrogens is 124 g/mol. The highest BCUT2D eigenvalue weighted by molar-refractivity contribution is 8.77. The van der Waals surface area contributed by atoms with Crippen LogP contribution in [0, 0.1) is 5.75 Å². The van der Waals surface area contributed by atoms with Crippen LogP contribution in [0.25, 0.3) is 0 Å². The van der Waals surface area contributed by atoms with Crippen LogP contribution in [0.4, 0.5) is 0 Å². The van der Waals surface area contributed by atoms with Gasteiger partial charge >= 0.3 is 0 Å². The Morgan fingerprint density at radius 3 is 3.29 bits per heavy atom. The van der Waals surface area contributed by atoms with E-state index in [1.54, 1.807) is 10.8 Å². The maximum absolute atomic E-state index is 3.23. The van der Waals surface area contributed by atoms with Gasteiger partial charge in [-0.3, -0.25) is 0 Å². The predicted molar refractivity (Wildman–Crippen MR) is 37.1 cm³/mol. The van der Waals surface area contributed by atoms with Gasteiger partial charge in [0.2, 0.25) is 0 Å². The monoisotopic (exact) mass is 132 g/mol. The predicted octanol–water partition coefficient (Wildman–Crippen LogP) is 2.59. The zero-order chi connectivity index (χ0) is 4.95. The largest absolute Gasteiger partial charge is 0.0935 e. The Hall–Kier alpha value is 0.700. The first-order chi connectivity index (χ1) is 3.50. The Labute approximate surface area is 52.8 Å². The molecule has 0 aromatic rings. The molecule has 1 aliphatic rings. The minimum absolute atomic E-state index is 1.19. The van der Waals surface area contributed by atoms with E-state index in [1.807, 2.05) is 10.8 Å². The highest BCUT2D eigenvalue weighted by atomic mass is 33.1. The van der Waals surface area contributed by atoms with E-state index in [2.05, 4.69) is 5.75 Å². The van der Waals surface area contributed by atoms with Crippen LogP contribution in [0.2, 0.25) is 0 Å². The molecule has 0 spiro atoms. The van der Waals surface area contributed by atoms with Crippen molar-refractivity contribution in [2.45, 2.75) is 19.3 Å². The second-order valence-corrected chi connectivity index (χ2v) is 3.81. The minimum Gasteiger partial charge on any atom is -0.0935 e. The van der Waals surface area contributed by atoms with E-state index in [0.717, 1.165) is 0 Å². The second-order valence-electron chi connectivity index (χ2n) is 1.51. The second kappa shape index (κ2) is 3.67. The van der Waals surface area contributed by atoms with Gasteiger partial charge in [0.15, 0.2) is 0 Å². The lowest BCUT2D eigenvalue weighted by Gasteiger charge is -1.85. The summed E-state index contributed by atoms with van der Waals surface area (Å²) in [4.78, 5) is 0. The molecule has 0 nitrogen and oxygen atoms in total. The average molecular weight is 132 g/mol. The van der Waals surface area contributed by atoms with Crippen LogP contribution in [0.1, 0.15) is 19.3 Å². The van der Waals surface area contributed by atoms with Crippen LogP contribution in [0.5, 0.6) is 0 Å². The smallest absolute Gasteiger partial charge is 0.0601 e. The SMILES string of the molecule is [C]1CCCCSS1. The topological polar surface area (TPSA) is 0 Å². The zero-order valence-electron chi connectivity index (χ0n) is 4.14. The van der Waals surface area contributed by atoms with Crippen molar-refractivity contribution in [1.82, 2.24) is 0 Å². The van der Waals surface area contributed by atoms with Gasteiger partial charge in [-0.1, -0.05) is 28.0 Å². The molecule has 40 valence electrons. The van der Waals surface area contributed by atoms with E-state index in [0.29, 0.717) is 0 Å². The fourth-order valence-corrected chi connectivity index (χ4v) is 2.30. The molecule has 0 aromatic carbocycles. The molecular formula is C5H8S2. The molecule has 0 aliphatic carbocycles. The lowest BCUT2D eigenvalue weighted by Crippen LogP contribution is -1.71. The summed E-state index contributed by atoms with van der Waals surface area (Å²) < 4.78 is 0. The first kappa shape index (κ1) is 5.83. The van der Waals surface area contributed by atoms with E-state index in [-0.39, 0.29) is 0 Å². The van der Waals surface area contributed by atoms with Crippen LogP contribution in [-0.4, -0.2) is 5.75 Å². The Morgan fingerprint density at radius 2 is 2.29 bits per heavy atom. The normalized spacial score (nSPS) is 24.0. The maximum atomic E-state index is 3.23. The van der Waals surface area contributed by atoms with Gasteiger partial charge in [-0.25, -0.2) is 0 Å². The third-order valence-corrected chi connectivity index (χ3v) is 2.98. The molecule has 0 amide bonds. The molecule has 0 unspecified atom stereocenters. The molecule has 0 bridgehead atoms. The van der Waals surface area contributed by atoms with E-state index in [9.17, 15) is 0 Å². The highest BCUT2D eigenvalue weighted by Gasteiger charge is 1.97.